The number of nitrogens with zero attached hydrogens (tertiary/aromatic N) is 1. The van der Waals surface area contributed by atoms with E-state index in [4.69, 9.17) is 5.11 Å². The van der Waals surface area contributed by atoms with Gasteiger partial charge in [-0.3, -0.25) is 9.69 Å². The molecule has 0 saturated carbocycles. The molecular weight excluding hydrogens is 282 g/mol. The van der Waals surface area contributed by atoms with Gasteiger partial charge < -0.3 is 5.11 Å². The van der Waals surface area contributed by atoms with E-state index in [1.165, 1.54) is 23.3 Å². The number of carbonyl (C=O) groups is 1. The summed E-state index contributed by atoms with van der Waals surface area (Å²) in [6.45, 7) is 3.32. The van der Waals surface area contributed by atoms with Crippen LogP contribution in [0.3, 0.4) is 0 Å². The number of thioether (sulfide) groups is 1. The van der Waals surface area contributed by atoms with E-state index in [2.05, 4.69) is 42.3 Å². The van der Waals surface area contributed by atoms with Crippen LogP contribution < -0.4 is 0 Å². The van der Waals surface area contributed by atoms with E-state index >= 15 is 0 Å². The average molecular weight is 307 g/mol. The second-order valence-electron chi connectivity index (χ2n) is 5.77. The van der Waals surface area contributed by atoms with Gasteiger partial charge in [0.1, 0.15) is 0 Å². The van der Waals surface area contributed by atoms with Crippen molar-refractivity contribution in [3.05, 3.63) is 29.8 Å². The molecule has 0 radical (unpaired) electrons. The van der Waals surface area contributed by atoms with Crippen molar-refractivity contribution in [2.24, 2.45) is 0 Å². The molecule has 1 aromatic rings. The van der Waals surface area contributed by atoms with Crippen LogP contribution in [0.4, 0.5) is 0 Å². The van der Waals surface area contributed by atoms with Gasteiger partial charge in [0.05, 0.1) is 0 Å². The lowest BCUT2D eigenvalue weighted by atomic mass is 9.94. The smallest absolute Gasteiger partial charge is 0.303 e. The zero-order chi connectivity index (χ0) is 15.2. The van der Waals surface area contributed by atoms with Gasteiger partial charge >= 0.3 is 5.97 Å². The molecule has 1 N–H and O–H groups in total. The van der Waals surface area contributed by atoms with Crippen LogP contribution in [-0.2, 0) is 4.79 Å². The highest BCUT2D eigenvalue weighted by Gasteiger charge is 2.27. The van der Waals surface area contributed by atoms with Crippen molar-refractivity contribution in [3.8, 4) is 0 Å². The molecule has 1 aliphatic rings. The predicted octanol–water partition coefficient (Wildman–Crippen LogP) is 4.19. The Balaban J connectivity index is 2.05. The SMILES string of the molecule is CSc1ccc(C(C)N2CCCCC2CCC(=O)O)cc1. The molecule has 21 heavy (non-hydrogen) atoms. The molecule has 0 spiro atoms. The Morgan fingerprint density at radius 3 is 2.71 bits per heavy atom. The molecular formula is C17H25NO2S. The van der Waals surface area contributed by atoms with Crippen molar-refractivity contribution >= 4 is 17.7 Å². The number of benzene rings is 1. The van der Waals surface area contributed by atoms with Gasteiger partial charge in [-0.25, -0.2) is 0 Å². The lowest BCUT2D eigenvalue weighted by Crippen LogP contribution is -2.41. The second-order valence-corrected chi connectivity index (χ2v) is 6.65. The summed E-state index contributed by atoms with van der Waals surface area (Å²) in [5, 5.41) is 8.92. The quantitative estimate of drug-likeness (QED) is 0.800. The minimum Gasteiger partial charge on any atom is -0.481 e. The monoisotopic (exact) mass is 307 g/mol. The molecule has 0 amide bonds. The van der Waals surface area contributed by atoms with Crippen LogP contribution in [0.2, 0.25) is 0 Å². The maximum absolute atomic E-state index is 10.8. The Labute approximate surface area is 131 Å². The molecule has 1 heterocycles. The van der Waals surface area contributed by atoms with Crippen LogP contribution in [0.5, 0.6) is 0 Å². The standard InChI is InChI=1S/C17H25NO2S/c1-13(14-6-9-16(21-2)10-7-14)18-12-4-3-5-15(18)8-11-17(19)20/h6-7,9-10,13,15H,3-5,8,11-12H2,1-2H3,(H,19,20). The Hall–Kier alpha value is -1.00. The highest BCUT2D eigenvalue weighted by Crippen LogP contribution is 2.31. The van der Waals surface area contributed by atoms with E-state index in [0.29, 0.717) is 12.1 Å². The summed E-state index contributed by atoms with van der Waals surface area (Å²) < 4.78 is 0. The van der Waals surface area contributed by atoms with Crippen molar-refractivity contribution in [3.63, 3.8) is 0 Å². The summed E-state index contributed by atoms with van der Waals surface area (Å²) in [7, 11) is 0. The van der Waals surface area contributed by atoms with Crippen LogP contribution in [0.15, 0.2) is 29.2 Å². The molecule has 3 nitrogen and oxygen atoms in total. The van der Waals surface area contributed by atoms with E-state index < -0.39 is 5.97 Å². The Bertz CT molecular complexity index is 460. The van der Waals surface area contributed by atoms with Gasteiger partial charge in [0.2, 0.25) is 0 Å². The van der Waals surface area contributed by atoms with Gasteiger partial charge in [-0.2, -0.15) is 0 Å². The molecule has 1 aromatic carbocycles. The fourth-order valence-electron chi connectivity index (χ4n) is 3.21. The molecule has 2 unspecified atom stereocenters. The van der Waals surface area contributed by atoms with Gasteiger partial charge in [0.15, 0.2) is 0 Å². The van der Waals surface area contributed by atoms with E-state index in [-0.39, 0.29) is 6.42 Å². The molecule has 1 aliphatic heterocycles. The second kappa shape index (κ2) is 7.85. The third-order valence-electron chi connectivity index (χ3n) is 4.46. The number of piperidine rings is 1. The zero-order valence-corrected chi connectivity index (χ0v) is 13.7. The normalized spacial score (nSPS) is 21.1. The van der Waals surface area contributed by atoms with Gasteiger partial charge in [-0.15, -0.1) is 11.8 Å². The lowest BCUT2D eigenvalue weighted by Gasteiger charge is -2.40. The number of hydrogen-bond donors (Lipinski definition) is 1. The molecule has 0 bridgehead atoms. The minimum atomic E-state index is -0.683. The minimum absolute atomic E-state index is 0.277. The van der Waals surface area contributed by atoms with Crippen LogP contribution in [0, 0.1) is 0 Å². The molecule has 0 aliphatic carbocycles. The molecule has 1 saturated heterocycles. The summed E-state index contributed by atoms with van der Waals surface area (Å²) in [5.74, 6) is -0.683. The Kier molecular flexibility index (Phi) is 6.12. The number of carboxylic acids is 1. The van der Waals surface area contributed by atoms with Gasteiger partial charge in [-0.1, -0.05) is 18.6 Å². The molecule has 0 aromatic heterocycles. The van der Waals surface area contributed by atoms with Crippen molar-refractivity contribution in [1.82, 2.24) is 4.90 Å². The third-order valence-corrected chi connectivity index (χ3v) is 5.20. The van der Waals surface area contributed by atoms with Crippen molar-refractivity contribution in [2.45, 2.75) is 56.0 Å². The van der Waals surface area contributed by atoms with Crippen LogP contribution in [0.25, 0.3) is 0 Å². The van der Waals surface area contributed by atoms with Crippen LogP contribution >= 0.6 is 11.8 Å². The van der Waals surface area contributed by atoms with E-state index in [0.717, 1.165) is 19.4 Å². The van der Waals surface area contributed by atoms with Crippen LogP contribution in [0.1, 0.15) is 50.6 Å². The van der Waals surface area contributed by atoms with E-state index in [1.54, 1.807) is 11.8 Å². The first kappa shape index (κ1) is 16.4. The largest absolute Gasteiger partial charge is 0.481 e. The predicted molar refractivity (Wildman–Crippen MR) is 87.9 cm³/mol. The fraction of sp³-hybridized carbons (Fsp3) is 0.588. The first-order valence-corrected chi connectivity index (χ1v) is 8.95. The first-order valence-electron chi connectivity index (χ1n) is 7.73. The summed E-state index contributed by atoms with van der Waals surface area (Å²) in [4.78, 5) is 14.6. The summed E-state index contributed by atoms with van der Waals surface area (Å²) in [6.07, 6.45) is 6.70. The van der Waals surface area contributed by atoms with Crippen molar-refractivity contribution in [2.75, 3.05) is 12.8 Å². The number of carboxylic acid groups (broad SMARTS) is 1. The maximum Gasteiger partial charge on any atom is 0.303 e. The molecule has 2 rings (SSSR count). The van der Waals surface area contributed by atoms with Crippen LogP contribution in [-0.4, -0.2) is 34.8 Å². The zero-order valence-electron chi connectivity index (χ0n) is 12.9. The number of likely N-dealkylation sites (tertiary alicyclic amines) is 1. The third kappa shape index (κ3) is 4.48. The molecule has 2 atom stereocenters. The Morgan fingerprint density at radius 2 is 2.10 bits per heavy atom. The Morgan fingerprint density at radius 1 is 1.38 bits per heavy atom. The number of aliphatic carboxylic acids is 1. The highest BCUT2D eigenvalue weighted by molar-refractivity contribution is 7.98. The van der Waals surface area contributed by atoms with Crippen molar-refractivity contribution < 1.29 is 9.90 Å². The highest BCUT2D eigenvalue weighted by atomic mass is 32.2. The topological polar surface area (TPSA) is 40.5 Å². The summed E-state index contributed by atoms with van der Waals surface area (Å²) in [5.41, 5.74) is 1.33. The molecule has 4 heteroatoms. The lowest BCUT2D eigenvalue weighted by molar-refractivity contribution is -0.137. The number of hydrogen-bond acceptors (Lipinski definition) is 3. The first-order chi connectivity index (χ1) is 10.1. The van der Waals surface area contributed by atoms with Gasteiger partial charge in [0.25, 0.3) is 0 Å². The summed E-state index contributed by atoms with van der Waals surface area (Å²) in [6, 6.07) is 9.53. The van der Waals surface area contributed by atoms with Crippen molar-refractivity contribution in [1.29, 1.82) is 0 Å². The van der Waals surface area contributed by atoms with E-state index in [9.17, 15) is 4.79 Å². The fourth-order valence-corrected chi connectivity index (χ4v) is 3.62. The molecule has 1 fully saturated rings. The number of rotatable bonds is 6. The molecule has 116 valence electrons. The van der Waals surface area contributed by atoms with Gasteiger partial charge in [0, 0.05) is 23.4 Å². The maximum atomic E-state index is 10.8. The summed E-state index contributed by atoms with van der Waals surface area (Å²) >= 11 is 1.76. The average Bonchev–Trinajstić information content (AvgIpc) is 2.52. The van der Waals surface area contributed by atoms with Gasteiger partial charge in [-0.05, 0) is 56.7 Å². The van der Waals surface area contributed by atoms with E-state index in [1.807, 2.05) is 0 Å².